The van der Waals surface area contributed by atoms with Crippen LogP contribution in [0, 0.1) is 11.8 Å². The maximum Gasteiger partial charge on any atom is 0.320 e. The predicted molar refractivity (Wildman–Crippen MR) is 69.9 cm³/mol. The Balaban J connectivity index is 4.70. The molecule has 0 aliphatic heterocycles. The number of rotatable bonds is 8. The highest BCUT2D eigenvalue weighted by molar-refractivity contribution is 5.95. The van der Waals surface area contributed by atoms with Gasteiger partial charge in [0.1, 0.15) is 0 Å². The van der Waals surface area contributed by atoms with Gasteiger partial charge in [-0.2, -0.15) is 0 Å². The van der Waals surface area contributed by atoms with Crippen LogP contribution in [0.3, 0.4) is 0 Å². The van der Waals surface area contributed by atoms with Crippen molar-refractivity contribution in [2.24, 2.45) is 11.8 Å². The summed E-state index contributed by atoms with van der Waals surface area (Å²) in [6, 6.07) is 0. The Bertz CT molecular complexity index is 304. The van der Waals surface area contributed by atoms with Gasteiger partial charge < -0.3 is 9.47 Å². The van der Waals surface area contributed by atoms with Gasteiger partial charge in [0.15, 0.2) is 5.92 Å². The zero-order valence-corrected chi connectivity index (χ0v) is 11.4. The average Bonchev–Trinajstić information content (AvgIpc) is 2.35. The van der Waals surface area contributed by atoms with Crippen LogP contribution in [0.25, 0.3) is 0 Å². The maximum absolute atomic E-state index is 11.6. The van der Waals surface area contributed by atoms with Crippen LogP contribution in [0.4, 0.5) is 0 Å². The van der Waals surface area contributed by atoms with E-state index in [-0.39, 0.29) is 5.92 Å². The molecule has 102 valence electrons. The van der Waals surface area contributed by atoms with Crippen molar-refractivity contribution >= 4 is 11.9 Å². The normalized spacial score (nSPS) is 11.8. The van der Waals surface area contributed by atoms with Gasteiger partial charge in [-0.1, -0.05) is 11.6 Å². The number of ether oxygens (including phenoxy) is 2. The first-order valence-corrected chi connectivity index (χ1v) is 5.90. The first-order chi connectivity index (χ1) is 8.47. The summed E-state index contributed by atoms with van der Waals surface area (Å²) >= 11 is 0. The molecule has 0 saturated heterocycles. The largest absolute Gasteiger partial charge is 0.468 e. The van der Waals surface area contributed by atoms with E-state index in [1.165, 1.54) is 14.2 Å². The van der Waals surface area contributed by atoms with Crippen molar-refractivity contribution in [1.82, 2.24) is 0 Å². The fourth-order valence-electron chi connectivity index (χ4n) is 1.76. The summed E-state index contributed by atoms with van der Waals surface area (Å²) in [5.74, 6) is -2.36. The van der Waals surface area contributed by atoms with E-state index in [9.17, 15) is 9.59 Å². The Kier molecular flexibility index (Phi) is 7.76. The number of carbonyl (C=O) groups is 2. The summed E-state index contributed by atoms with van der Waals surface area (Å²) in [6.45, 7) is 9.44. The topological polar surface area (TPSA) is 52.6 Å². The van der Waals surface area contributed by atoms with Crippen LogP contribution in [0.15, 0.2) is 24.8 Å². The van der Waals surface area contributed by atoms with E-state index in [1.807, 2.05) is 6.92 Å². The first-order valence-electron chi connectivity index (χ1n) is 5.90. The highest BCUT2D eigenvalue weighted by Crippen LogP contribution is 2.23. The highest BCUT2D eigenvalue weighted by atomic mass is 16.5. The number of allylic oxidation sites excluding steroid dienone is 2. The average molecular weight is 254 g/mol. The summed E-state index contributed by atoms with van der Waals surface area (Å²) in [6.07, 6.45) is 3.98. The Morgan fingerprint density at radius 3 is 2.06 bits per heavy atom. The molecule has 0 aliphatic carbocycles. The summed E-state index contributed by atoms with van der Waals surface area (Å²) in [7, 11) is 2.51. The van der Waals surface area contributed by atoms with Gasteiger partial charge in [0.2, 0.25) is 0 Å². The molecular formula is C14H22O4. The second-order valence-corrected chi connectivity index (χ2v) is 4.27. The minimum absolute atomic E-state index is 0.274. The lowest BCUT2D eigenvalue weighted by molar-refractivity contribution is -0.160. The van der Waals surface area contributed by atoms with Crippen molar-refractivity contribution in [3.63, 3.8) is 0 Å². The third-order valence-electron chi connectivity index (χ3n) is 2.78. The van der Waals surface area contributed by atoms with E-state index in [4.69, 9.17) is 0 Å². The van der Waals surface area contributed by atoms with Gasteiger partial charge in [-0.05, 0) is 26.2 Å². The van der Waals surface area contributed by atoms with Gasteiger partial charge in [0.25, 0.3) is 0 Å². The van der Waals surface area contributed by atoms with Crippen molar-refractivity contribution < 1.29 is 19.1 Å². The zero-order chi connectivity index (χ0) is 14.1. The van der Waals surface area contributed by atoms with Gasteiger partial charge in [0, 0.05) is 5.92 Å². The molecule has 1 atom stereocenters. The molecule has 0 rings (SSSR count). The standard InChI is InChI=1S/C14H22O4/c1-6-11(9-7-8-10(2)3)12(13(15)17-4)14(16)18-5/h6,11-12H,1-2,7-9H2,3-5H3/t11-/m0/s1. The fourth-order valence-corrected chi connectivity index (χ4v) is 1.76. The molecule has 0 spiro atoms. The zero-order valence-electron chi connectivity index (χ0n) is 11.4. The van der Waals surface area contributed by atoms with E-state index in [0.29, 0.717) is 6.42 Å². The summed E-state index contributed by atoms with van der Waals surface area (Å²) in [4.78, 5) is 23.2. The number of methoxy groups -OCH3 is 2. The van der Waals surface area contributed by atoms with Gasteiger partial charge >= 0.3 is 11.9 Å². The van der Waals surface area contributed by atoms with E-state index in [0.717, 1.165) is 18.4 Å². The quantitative estimate of drug-likeness (QED) is 0.379. The number of hydrogen-bond acceptors (Lipinski definition) is 4. The first kappa shape index (κ1) is 16.4. The minimum Gasteiger partial charge on any atom is -0.468 e. The molecule has 0 heterocycles. The summed E-state index contributed by atoms with van der Waals surface area (Å²) in [5, 5.41) is 0. The molecule has 0 fully saturated rings. The molecule has 0 aliphatic rings. The lowest BCUT2D eigenvalue weighted by atomic mass is 9.87. The van der Waals surface area contributed by atoms with Gasteiger partial charge in [-0.25, -0.2) is 0 Å². The predicted octanol–water partition coefficient (Wildman–Crippen LogP) is 2.50. The molecule has 0 N–H and O–H groups in total. The molecule has 0 amide bonds. The SMILES string of the molecule is C=C[C@@H](CCCC(=C)C)C(C(=O)OC)C(=O)OC. The molecule has 0 bridgehead atoms. The molecule has 18 heavy (non-hydrogen) atoms. The summed E-state index contributed by atoms with van der Waals surface area (Å²) < 4.78 is 9.28. The van der Waals surface area contributed by atoms with Crippen LogP contribution >= 0.6 is 0 Å². The number of esters is 2. The molecule has 4 nitrogen and oxygen atoms in total. The second-order valence-electron chi connectivity index (χ2n) is 4.27. The van der Waals surface area contributed by atoms with Gasteiger partial charge in [-0.15, -0.1) is 13.2 Å². The van der Waals surface area contributed by atoms with Crippen LogP contribution in [0.1, 0.15) is 26.2 Å². The lowest BCUT2D eigenvalue weighted by Gasteiger charge is -2.20. The fraction of sp³-hybridized carbons (Fsp3) is 0.571. The van der Waals surface area contributed by atoms with E-state index >= 15 is 0 Å². The Labute approximate surface area is 109 Å². The number of carbonyl (C=O) groups excluding carboxylic acids is 2. The lowest BCUT2D eigenvalue weighted by Crippen LogP contribution is -2.32. The van der Waals surface area contributed by atoms with Crippen LogP contribution in [0.2, 0.25) is 0 Å². The molecule has 0 aromatic rings. The van der Waals surface area contributed by atoms with Crippen LogP contribution in [-0.4, -0.2) is 26.2 Å². The van der Waals surface area contributed by atoms with Gasteiger partial charge in [-0.3, -0.25) is 9.59 Å². The van der Waals surface area contributed by atoms with E-state index < -0.39 is 17.9 Å². The van der Waals surface area contributed by atoms with Crippen LogP contribution < -0.4 is 0 Å². The van der Waals surface area contributed by atoms with Crippen molar-refractivity contribution in [1.29, 1.82) is 0 Å². The molecular weight excluding hydrogens is 232 g/mol. The van der Waals surface area contributed by atoms with Crippen LogP contribution in [0.5, 0.6) is 0 Å². The maximum atomic E-state index is 11.6. The van der Waals surface area contributed by atoms with Crippen molar-refractivity contribution in [2.45, 2.75) is 26.2 Å². The molecule has 4 heteroatoms. The Morgan fingerprint density at radius 2 is 1.72 bits per heavy atom. The molecule has 0 unspecified atom stereocenters. The van der Waals surface area contributed by atoms with Gasteiger partial charge in [0.05, 0.1) is 14.2 Å². The van der Waals surface area contributed by atoms with Crippen molar-refractivity contribution in [3.05, 3.63) is 24.8 Å². The second kappa shape index (κ2) is 8.50. The van der Waals surface area contributed by atoms with E-state index in [2.05, 4.69) is 22.6 Å². The third-order valence-corrected chi connectivity index (χ3v) is 2.78. The highest BCUT2D eigenvalue weighted by Gasteiger charge is 2.34. The number of hydrogen-bond donors (Lipinski definition) is 0. The van der Waals surface area contributed by atoms with Crippen molar-refractivity contribution in [2.75, 3.05) is 14.2 Å². The minimum atomic E-state index is -0.928. The van der Waals surface area contributed by atoms with E-state index in [1.54, 1.807) is 6.08 Å². The molecule has 0 aromatic carbocycles. The van der Waals surface area contributed by atoms with Crippen molar-refractivity contribution in [3.8, 4) is 0 Å². The monoisotopic (exact) mass is 254 g/mol. The third kappa shape index (κ3) is 5.17. The Hall–Kier alpha value is -1.58. The molecule has 0 radical (unpaired) electrons. The van der Waals surface area contributed by atoms with Crippen LogP contribution in [-0.2, 0) is 19.1 Å². The Morgan fingerprint density at radius 1 is 1.22 bits per heavy atom. The smallest absolute Gasteiger partial charge is 0.320 e. The molecule has 0 saturated carbocycles. The summed E-state index contributed by atoms with van der Waals surface area (Å²) in [5.41, 5.74) is 1.07. The molecule has 0 aromatic heterocycles.